The lowest BCUT2D eigenvalue weighted by molar-refractivity contribution is -0.143. The molecule has 2 fully saturated rings. The van der Waals surface area contributed by atoms with E-state index in [1.807, 2.05) is 34.1 Å². The predicted octanol–water partition coefficient (Wildman–Crippen LogP) is 2.67. The van der Waals surface area contributed by atoms with Crippen LogP contribution >= 0.6 is 23.4 Å². The molecule has 3 rings (SSSR count). The van der Waals surface area contributed by atoms with Crippen LogP contribution in [0.2, 0.25) is 5.02 Å². The number of carbonyl (C=O) groups is 2. The summed E-state index contributed by atoms with van der Waals surface area (Å²) in [6.45, 7) is 3.86. The molecule has 142 valence electrons. The van der Waals surface area contributed by atoms with Crippen molar-refractivity contribution >= 4 is 35.2 Å². The highest BCUT2D eigenvalue weighted by atomic mass is 35.5. The number of hydrogen-bond acceptors (Lipinski definition) is 4. The number of nitrogens with zero attached hydrogens (tertiary/aromatic N) is 2. The molecule has 1 unspecified atom stereocenters. The van der Waals surface area contributed by atoms with E-state index in [9.17, 15) is 9.59 Å². The average molecular weight is 397 g/mol. The molecule has 2 saturated heterocycles. The molecule has 0 saturated carbocycles. The molecule has 1 aromatic carbocycles. The van der Waals surface area contributed by atoms with E-state index < -0.39 is 0 Å². The second-order valence-corrected chi connectivity index (χ2v) is 8.16. The van der Waals surface area contributed by atoms with Gasteiger partial charge in [0.05, 0.1) is 24.9 Å². The molecule has 0 bridgehead atoms. The number of likely N-dealkylation sites (tertiary alicyclic amines) is 1. The van der Waals surface area contributed by atoms with Crippen LogP contribution in [0.25, 0.3) is 0 Å². The summed E-state index contributed by atoms with van der Waals surface area (Å²) in [5.41, 5.74) is 1.12. The fourth-order valence-corrected chi connectivity index (χ4v) is 4.51. The van der Waals surface area contributed by atoms with Gasteiger partial charge >= 0.3 is 0 Å². The number of rotatable bonds is 5. The Kier molecular flexibility index (Phi) is 7.23. The van der Waals surface area contributed by atoms with Crippen LogP contribution in [0.5, 0.6) is 0 Å². The SMILES string of the molecule is O=C(CSCc1cccc(Cl)c1)N1CCCC(C(=O)N2CCOCC2)C1. The van der Waals surface area contributed by atoms with Gasteiger partial charge in [0, 0.05) is 37.0 Å². The van der Waals surface area contributed by atoms with Crippen molar-refractivity contribution < 1.29 is 14.3 Å². The van der Waals surface area contributed by atoms with Crippen molar-refractivity contribution in [2.24, 2.45) is 5.92 Å². The van der Waals surface area contributed by atoms with Gasteiger partial charge in [-0.2, -0.15) is 0 Å². The van der Waals surface area contributed by atoms with Gasteiger partial charge in [0.15, 0.2) is 0 Å². The summed E-state index contributed by atoms with van der Waals surface area (Å²) >= 11 is 7.58. The molecule has 0 radical (unpaired) electrons. The van der Waals surface area contributed by atoms with Gasteiger partial charge in [0.25, 0.3) is 0 Å². The molecule has 2 aliphatic rings. The Morgan fingerprint density at radius 1 is 1.19 bits per heavy atom. The molecule has 0 spiro atoms. The number of benzene rings is 1. The van der Waals surface area contributed by atoms with Crippen molar-refractivity contribution in [3.8, 4) is 0 Å². The van der Waals surface area contributed by atoms with E-state index in [-0.39, 0.29) is 17.7 Å². The van der Waals surface area contributed by atoms with Gasteiger partial charge in [-0.15, -0.1) is 11.8 Å². The van der Waals surface area contributed by atoms with E-state index in [1.165, 1.54) is 0 Å². The van der Waals surface area contributed by atoms with Crippen LogP contribution in [-0.2, 0) is 20.1 Å². The topological polar surface area (TPSA) is 49.9 Å². The van der Waals surface area contributed by atoms with Crippen LogP contribution in [0.3, 0.4) is 0 Å². The van der Waals surface area contributed by atoms with Gasteiger partial charge in [0.1, 0.15) is 0 Å². The zero-order valence-corrected chi connectivity index (χ0v) is 16.4. The molecular weight excluding hydrogens is 372 g/mol. The fraction of sp³-hybridized carbons (Fsp3) is 0.579. The lowest BCUT2D eigenvalue weighted by Gasteiger charge is -2.36. The van der Waals surface area contributed by atoms with Gasteiger partial charge < -0.3 is 14.5 Å². The number of morpholine rings is 1. The zero-order valence-electron chi connectivity index (χ0n) is 14.9. The third kappa shape index (κ3) is 5.38. The van der Waals surface area contributed by atoms with Crippen LogP contribution in [0.4, 0.5) is 0 Å². The Labute approximate surface area is 164 Å². The summed E-state index contributed by atoms with van der Waals surface area (Å²) in [5.74, 6) is 1.43. The predicted molar refractivity (Wildman–Crippen MR) is 104 cm³/mol. The molecule has 2 aliphatic heterocycles. The van der Waals surface area contributed by atoms with E-state index in [0.29, 0.717) is 38.6 Å². The summed E-state index contributed by atoms with van der Waals surface area (Å²) in [4.78, 5) is 28.9. The standard InChI is InChI=1S/C19H25ClN2O3S/c20-17-5-1-3-15(11-17)13-26-14-18(23)22-6-2-4-16(12-22)19(24)21-7-9-25-10-8-21/h1,3,5,11,16H,2,4,6-10,12-14H2. The van der Waals surface area contributed by atoms with Crippen LogP contribution in [-0.4, -0.2) is 66.8 Å². The van der Waals surface area contributed by atoms with Gasteiger partial charge in [0.2, 0.25) is 11.8 Å². The minimum atomic E-state index is -0.0660. The zero-order chi connectivity index (χ0) is 18.4. The number of carbonyl (C=O) groups excluding carboxylic acids is 2. The Morgan fingerprint density at radius 2 is 2.00 bits per heavy atom. The summed E-state index contributed by atoms with van der Waals surface area (Å²) in [6, 6.07) is 7.71. The molecular formula is C19H25ClN2O3S. The smallest absolute Gasteiger partial charge is 0.232 e. The first-order chi connectivity index (χ1) is 12.6. The van der Waals surface area contributed by atoms with Crippen LogP contribution in [0.15, 0.2) is 24.3 Å². The molecule has 1 aromatic rings. The number of thioether (sulfide) groups is 1. The van der Waals surface area contributed by atoms with Gasteiger partial charge in [-0.05, 0) is 30.5 Å². The van der Waals surface area contributed by atoms with E-state index in [4.69, 9.17) is 16.3 Å². The van der Waals surface area contributed by atoms with E-state index in [2.05, 4.69) is 0 Å². The van der Waals surface area contributed by atoms with Gasteiger partial charge in [-0.3, -0.25) is 9.59 Å². The highest BCUT2D eigenvalue weighted by molar-refractivity contribution is 7.99. The largest absolute Gasteiger partial charge is 0.378 e. The normalized spacial score (nSPS) is 20.9. The Bertz CT molecular complexity index is 637. The maximum Gasteiger partial charge on any atom is 0.232 e. The highest BCUT2D eigenvalue weighted by Gasteiger charge is 2.31. The van der Waals surface area contributed by atoms with Crippen molar-refractivity contribution in [1.82, 2.24) is 9.80 Å². The monoisotopic (exact) mass is 396 g/mol. The van der Waals surface area contributed by atoms with Crippen LogP contribution in [0, 0.1) is 5.92 Å². The lowest BCUT2D eigenvalue weighted by Crippen LogP contribution is -2.49. The molecule has 5 nitrogen and oxygen atoms in total. The highest BCUT2D eigenvalue weighted by Crippen LogP contribution is 2.22. The maximum absolute atomic E-state index is 12.7. The maximum atomic E-state index is 12.7. The molecule has 0 aliphatic carbocycles. The Morgan fingerprint density at radius 3 is 2.77 bits per heavy atom. The summed E-state index contributed by atoms with van der Waals surface area (Å²) in [6.07, 6.45) is 1.76. The van der Waals surface area contributed by atoms with Crippen molar-refractivity contribution in [2.45, 2.75) is 18.6 Å². The average Bonchev–Trinajstić information content (AvgIpc) is 2.68. The second-order valence-electron chi connectivity index (χ2n) is 6.74. The lowest BCUT2D eigenvalue weighted by atomic mass is 9.96. The fourth-order valence-electron chi connectivity index (χ4n) is 3.42. The molecule has 26 heavy (non-hydrogen) atoms. The number of halogens is 1. The molecule has 0 aromatic heterocycles. The van der Waals surface area contributed by atoms with Crippen LogP contribution in [0.1, 0.15) is 18.4 Å². The van der Waals surface area contributed by atoms with E-state index in [0.717, 1.165) is 35.7 Å². The molecule has 2 amide bonds. The van der Waals surface area contributed by atoms with Gasteiger partial charge in [-0.25, -0.2) is 0 Å². The molecule has 1 atom stereocenters. The number of amides is 2. The summed E-state index contributed by atoms with van der Waals surface area (Å²) < 4.78 is 5.32. The molecule has 0 N–H and O–H groups in total. The van der Waals surface area contributed by atoms with Crippen molar-refractivity contribution in [1.29, 1.82) is 0 Å². The third-order valence-corrected chi connectivity index (χ3v) is 6.05. The number of hydrogen-bond donors (Lipinski definition) is 0. The minimum Gasteiger partial charge on any atom is -0.378 e. The minimum absolute atomic E-state index is 0.0660. The van der Waals surface area contributed by atoms with Crippen molar-refractivity contribution in [3.63, 3.8) is 0 Å². The summed E-state index contributed by atoms with van der Waals surface area (Å²) in [5, 5.41) is 0.718. The van der Waals surface area contributed by atoms with Gasteiger partial charge in [-0.1, -0.05) is 23.7 Å². The summed E-state index contributed by atoms with van der Waals surface area (Å²) in [7, 11) is 0. The Balaban J connectivity index is 1.45. The Hall–Kier alpha value is -1.24. The first-order valence-corrected chi connectivity index (χ1v) is 10.6. The first kappa shape index (κ1) is 19.5. The van der Waals surface area contributed by atoms with Crippen molar-refractivity contribution in [3.05, 3.63) is 34.9 Å². The third-order valence-electron chi connectivity index (χ3n) is 4.83. The first-order valence-electron chi connectivity index (χ1n) is 9.10. The van der Waals surface area contributed by atoms with Crippen LogP contribution < -0.4 is 0 Å². The quantitative estimate of drug-likeness (QED) is 0.767. The van der Waals surface area contributed by atoms with Crippen molar-refractivity contribution in [2.75, 3.05) is 45.1 Å². The van der Waals surface area contributed by atoms with E-state index >= 15 is 0 Å². The van der Waals surface area contributed by atoms with E-state index in [1.54, 1.807) is 11.8 Å². The number of ether oxygens (including phenoxy) is 1. The molecule has 2 heterocycles. The number of piperidine rings is 1. The molecule has 7 heteroatoms. The second kappa shape index (κ2) is 9.62.